The average molecular weight is 350 g/mol. The number of nitrogens with two attached hydrogens (primary N) is 1. The summed E-state index contributed by atoms with van der Waals surface area (Å²) in [6, 6.07) is 6.18. The van der Waals surface area contributed by atoms with Crippen LogP contribution in [0.5, 0.6) is 0 Å². The summed E-state index contributed by atoms with van der Waals surface area (Å²) in [4.78, 5) is 0. The molecule has 2 N–H and O–H groups in total. The molecular formula is C13H17ClIN. The van der Waals surface area contributed by atoms with E-state index in [1.807, 2.05) is 12.1 Å². The van der Waals surface area contributed by atoms with Crippen LogP contribution < -0.4 is 5.73 Å². The molecule has 3 heteroatoms. The second kappa shape index (κ2) is 5.69. The summed E-state index contributed by atoms with van der Waals surface area (Å²) in [7, 11) is 0. The molecule has 0 aliphatic heterocycles. The summed E-state index contributed by atoms with van der Waals surface area (Å²) in [6.07, 6.45) is 6.56. The molecule has 0 spiro atoms. The molecule has 1 aliphatic carbocycles. The van der Waals surface area contributed by atoms with Gasteiger partial charge in [-0.1, -0.05) is 30.9 Å². The number of benzene rings is 1. The molecule has 0 saturated heterocycles. The zero-order chi connectivity index (χ0) is 11.5. The molecule has 88 valence electrons. The van der Waals surface area contributed by atoms with E-state index in [1.54, 1.807) is 0 Å². The topological polar surface area (TPSA) is 26.0 Å². The van der Waals surface area contributed by atoms with E-state index in [0.717, 1.165) is 5.02 Å². The van der Waals surface area contributed by atoms with E-state index >= 15 is 0 Å². The first-order chi connectivity index (χ1) is 7.68. The molecule has 2 rings (SSSR count). The van der Waals surface area contributed by atoms with Crippen LogP contribution in [0.1, 0.15) is 43.7 Å². The third-order valence-electron chi connectivity index (χ3n) is 3.47. The van der Waals surface area contributed by atoms with Gasteiger partial charge in [-0.2, -0.15) is 0 Å². The molecule has 0 bridgehead atoms. The summed E-state index contributed by atoms with van der Waals surface area (Å²) in [5, 5.41) is 0.793. The minimum atomic E-state index is 0.158. The Kier molecular flexibility index (Phi) is 4.50. The van der Waals surface area contributed by atoms with Gasteiger partial charge >= 0.3 is 0 Å². The van der Waals surface area contributed by atoms with Crippen molar-refractivity contribution in [3.8, 4) is 0 Å². The van der Waals surface area contributed by atoms with E-state index in [-0.39, 0.29) is 6.04 Å². The van der Waals surface area contributed by atoms with Crippen molar-refractivity contribution in [1.82, 2.24) is 0 Å². The highest BCUT2D eigenvalue weighted by Gasteiger charge is 2.23. The lowest BCUT2D eigenvalue weighted by Crippen LogP contribution is -2.24. The standard InChI is InChI=1S/C13H17ClIN/c14-10-6-7-12(15)11(8-10)13(16)9-4-2-1-3-5-9/h6-9,13H,1-5,16H2. The van der Waals surface area contributed by atoms with Crippen molar-refractivity contribution < 1.29 is 0 Å². The Hall–Kier alpha value is 0.200. The van der Waals surface area contributed by atoms with E-state index in [2.05, 4.69) is 28.7 Å². The highest BCUT2D eigenvalue weighted by Crippen LogP contribution is 2.35. The van der Waals surface area contributed by atoms with Gasteiger partial charge in [-0.25, -0.2) is 0 Å². The van der Waals surface area contributed by atoms with Gasteiger partial charge < -0.3 is 5.73 Å². The Morgan fingerprint density at radius 3 is 2.62 bits per heavy atom. The predicted molar refractivity (Wildman–Crippen MR) is 77.7 cm³/mol. The lowest BCUT2D eigenvalue weighted by atomic mass is 9.81. The van der Waals surface area contributed by atoms with Gasteiger partial charge in [-0.05, 0) is 65.1 Å². The van der Waals surface area contributed by atoms with Crippen molar-refractivity contribution in [2.75, 3.05) is 0 Å². The van der Waals surface area contributed by atoms with Crippen molar-refractivity contribution >= 4 is 34.2 Å². The first kappa shape index (κ1) is 12.7. The summed E-state index contributed by atoms with van der Waals surface area (Å²) in [5.74, 6) is 0.640. The van der Waals surface area contributed by atoms with Crippen molar-refractivity contribution in [1.29, 1.82) is 0 Å². The summed E-state index contributed by atoms with van der Waals surface area (Å²) >= 11 is 8.39. The van der Waals surface area contributed by atoms with E-state index in [4.69, 9.17) is 17.3 Å². The Bertz CT molecular complexity index is 361. The van der Waals surface area contributed by atoms with Gasteiger partial charge in [0.05, 0.1) is 0 Å². The summed E-state index contributed by atoms with van der Waals surface area (Å²) < 4.78 is 1.24. The number of hydrogen-bond acceptors (Lipinski definition) is 1. The minimum Gasteiger partial charge on any atom is -0.324 e. The quantitative estimate of drug-likeness (QED) is 0.780. The summed E-state index contributed by atoms with van der Waals surface area (Å²) in [6.45, 7) is 0. The summed E-state index contributed by atoms with van der Waals surface area (Å²) in [5.41, 5.74) is 7.60. The minimum absolute atomic E-state index is 0.158. The first-order valence-corrected chi connectivity index (χ1v) is 7.34. The number of rotatable bonds is 2. The monoisotopic (exact) mass is 349 g/mol. The molecular weight excluding hydrogens is 333 g/mol. The van der Waals surface area contributed by atoms with Crippen LogP contribution in [0.2, 0.25) is 5.02 Å². The molecule has 1 aromatic rings. The molecule has 16 heavy (non-hydrogen) atoms. The van der Waals surface area contributed by atoms with Gasteiger partial charge in [0, 0.05) is 14.6 Å². The van der Waals surface area contributed by atoms with Gasteiger partial charge in [-0.15, -0.1) is 0 Å². The van der Waals surface area contributed by atoms with Crippen LogP contribution in [0.25, 0.3) is 0 Å². The molecule has 0 amide bonds. The molecule has 0 radical (unpaired) electrons. The molecule has 1 aliphatic rings. The van der Waals surface area contributed by atoms with Gasteiger partial charge in [0.2, 0.25) is 0 Å². The highest BCUT2D eigenvalue weighted by molar-refractivity contribution is 14.1. The van der Waals surface area contributed by atoms with E-state index in [9.17, 15) is 0 Å². The third kappa shape index (κ3) is 2.90. The zero-order valence-electron chi connectivity index (χ0n) is 9.26. The number of halogens is 2. The molecule has 0 aromatic heterocycles. The Balaban J connectivity index is 2.18. The van der Waals surface area contributed by atoms with Gasteiger partial charge in [0.1, 0.15) is 0 Å². The van der Waals surface area contributed by atoms with Crippen LogP contribution in [-0.2, 0) is 0 Å². The maximum atomic E-state index is 6.38. The van der Waals surface area contributed by atoms with Gasteiger partial charge in [0.15, 0.2) is 0 Å². The second-order valence-corrected chi connectivity index (χ2v) is 6.19. The third-order valence-corrected chi connectivity index (χ3v) is 4.69. The molecule has 1 atom stereocenters. The largest absolute Gasteiger partial charge is 0.324 e. The zero-order valence-corrected chi connectivity index (χ0v) is 12.2. The van der Waals surface area contributed by atoms with Crippen LogP contribution in [0.4, 0.5) is 0 Å². The predicted octanol–water partition coefficient (Wildman–Crippen LogP) is 4.52. The first-order valence-electron chi connectivity index (χ1n) is 5.89. The fraction of sp³-hybridized carbons (Fsp3) is 0.538. The Labute approximate surface area is 116 Å². The molecule has 1 saturated carbocycles. The van der Waals surface area contributed by atoms with Crippen LogP contribution >= 0.6 is 34.2 Å². The van der Waals surface area contributed by atoms with Crippen LogP contribution in [0.15, 0.2) is 18.2 Å². The maximum Gasteiger partial charge on any atom is 0.0410 e. The van der Waals surface area contributed by atoms with E-state index < -0.39 is 0 Å². The fourth-order valence-corrected chi connectivity index (χ4v) is 3.39. The van der Waals surface area contributed by atoms with Crippen molar-refractivity contribution in [3.63, 3.8) is 0 Å². The van der Waals surface area contributed by atoms with Crippen LogP contribution in [0.3, 0.4) is 0 Å². The average Bonchev–Trinajstić information content (AvgIpc) is 2.32. The van der Waals surface area contributed by atoms with Crippen molar-refractivity contribution in [2.45, 2.75) is 38.1 Å². The lowest BCUT2D eigenvalue weighted by Gasteiger charge is -2.28. The molecule has 1 unspecified atom stereocenters. The SMILES string of the molecule is NC(c1cc(Cl)ccc1I)C1CCCCC1. The lowest BCUT2D eigenvalue weighted by molar-refractivity contribution is 0.307. The fourth-order valence-electron chi connectivity index (χ4n) is 2.52. The second-order valence-electron chi connectivity index (χ2n) is 4.59. The van der Waals surface area contributed by atoms with Crippen molar-refractivity contribution in [2.24, 2.45) is 11.7 Å². The van der Waals surface area contributed by atoms with E-state index in [1.165, 1.54) is 41.2 Å². The van der Waals surface area contributed by atoms with Crippen LogP contribution in [-0.4, -0.2) is 0 Å². The Morgan fingerprint density at radius 2 is 1.94 bits per heavy atom. The van der Waals surface area contributed by atoms with Crippen molar-refractivity contribution in [3.05, 3.63) is 32.4 Å². The van der Waals surface area contributed by atoms with Gasteiger partial charge in [-0.3, -0.25) is 0 Å². The molecule has 0 heterocycles. The van der Waals surface area contributed by atoms with Gasteiger partial charge in [0.25, 0.3) is 0 Å². The smallest absolute Gasteiger partial charge is 0.0410 e. The maximum absolute atomic E-state index is 6.38. The number of hydrogen-bond donors (Lipinski definition) is 1. The highest BCUT2D eigenvalue weighted by atomic mass is 127. The normalized spacial score (nSPS) is 19.7. The molecule has 1 fully saturated rings. The van der Waals surface area contributed by atoms with E-state index in [0.29, 0.717) is 5.92 Å². The molecule has 1 nitrogen and oxygen atoms in total. The molecule has 1 aromatic carbocycles. The Morgan fingerprint density at radius 1 is 1.25 bits per heavy atom. The van der Waals surface area contributed by atoms with Crippen LogP contribution in [0, 0.1) is 9.49 Å².